The van der Waals surface area contributed by atoms with Crippen molar-refractivity contribution in [2.75, 3.05) is 36.5 Å². The van der Waals surface area contributed by atoms with E-state index >= 15 is 0 Å². The molecule has 1 amide bonds. The highest BCUT2D eigenvalue weighted by Gasteiger charge is 2.21. The summed E-state index contributed by atoms with van der Waals surface area (Å²) in [5.41, 5.74) is 5.55. The molecule has 0 bridgehead atoms. The van der Waals surface area contributed by atoms with Gasteiger partial charge in [-0.15, -0.1) is 0 Å². The largest absolute Gasteiger partial charge is 0.351 e. The molecule has 0 spiro atoms. The van der Waals surface area contributed by atoms with Crippen LogP contribution in [0.25, 0.3) is 0 Å². The Hall–Kier alpha value is -2.97. The van der Waals surface area contributed by atoms with Gasteiger partial charge in [-0.1, -0.05) is 24.8 Å². The van der Waals surface area contributed by atoms with Crippen LogP contribution in [0.2, 0.25) is 0 Å². The number of carbonyl (C=O) groups is 1. The van der Waals surface area contributed by atoms with Crippen molar-refractivity contribution in [2.45, 2.75) is 26.3 Å². The third-order valence-electron chi connectivity index (χ3n) is 5.60. The van der Waals surface area contributed by atoms with Crippen LogP contribution in [0.15, 0.2) is 43.4 Å². The zero-order valence-corrected chi connectivity index (χ0v) is 17.6. The van der Waals surface area contributed by atoms with Crippen molar-refractivity contribution in [3.8, 4) is 0 Å². The number of hydroxylamine groups is 1. The lowest BCUT2D eigenvalue weighted by molar-refractivity contribution is 0.0705. The number of rotatable bonds is 8. The lowest BCUT2D eigenvalue weighted by Crippen LogP contribution is -2.38. The van der Waals surface area contributed by atoms with E-state index in [1.807, 2.05) is 13.2 Å². The maximum atomic E-state index is 11.4. The second kappa shape index (κ2) is 10.2. The lowest BCUT2D eigenvalue weighted by Gasteiger charge is -2.32. The molecule has 1 aromatic carbocycles. The summed E-state index contributed by atoms with van der Waals surface area (Å²) in [5.74, 6) is 0.612. The average molecular weight is 411 g/mol. The smallest absolute Gasteiger partial charge is 0.277 e. The average Bonchev–Trinajstić information content (AvgIpc) is 2.79. The quantitative estimate of drug-likeness (QED) is 0.455. The van der Waals surface area contributed by atoms with Crippen molar-refractivity contribution >= 4 is 17.5 Å². The van der Waals surface area contributed by atoms with E-state index in [4.69, 9.17) is 5.21 Å². The van der Waals surface area contributed by atoms with Crippen LogP contribution >= 0.6 is 0 Å². The van der Waals surface area contributed by atoms with Gasteiger partial charge in [-0.3, -0.25) is 10.0 Å². The van der Waals surface area contributed by atoms with E-state index in [0.717, 1.165) is 39.0 Å². The second-order valence-corrected chi connectivity index (χ2v) is 7.65. The molecule has 1 aliphatic heterocycles. The third kappa shape index (κ3) is 5.14. The van der Waals surface area contributed by atoms with Crippen LogP contribution in [0.4, 0.5) is 11.6 Å². The summed E-state index contributed by atoms with van der Waals surface area (Å²) in [4.78, 5) is 24.1. The summed E-state index contributed by atoms with van der Waals surface area (Å²) in [6, 6.07) is 6.39. The molecular weight excluding hydrogens is 380 g/mol. The molecule has 0 atom stereocenters. The van der Waals surface area contributed by atoms with Crippen molar-refractivity contribution in [3.63, 3.8) is 0 Å². The maximum Gasteiger partial charge on any atom is 0.277 e. The molecule has 8 nitrogen and oxygen atoms in total. The Balaban J connectivity index is 1.48. The highest BCUT2D eigenvalue weighted by molar-refractivity contribution is 5.92. The monoisotopic (exact) mass is 410 g/mol. The van der Waals surface area contributed by atoms with E-state index in [9.17, 15) is 4.79 Å². The molecule has 160 valence electrons. The Kier molecular flexibility index (Phi) is 7.37. The molecule has 0 radical (unpaired) electrons. The summed E-state index contributed by atoms with van der Waals surface area (Å²) >= 11 is 0. The third-order valence-corrected chi connectivity index (χ3v) is 5.60. The fourth-order valence-corrected chi connectivity index (χ4v) is 3.87. The molecule has 3 N–H and O–H groups in total. The van der Waals surface area contributed by atoms with Gasteiger partial charge in [-0.05, 0) is 49.6 Å². The number of para-hydroxylation sites is 1. The molecule has 0 saturated carbocycles. The summed E-state index contributed by atoms with van der Waals surface area (Å²) in [5, 5.41) is 12.3. The van der Waals surface area contributed by atoms with Crippen LogP contribution in [0.1, 0.15) is 34.3 Å². The van der Waals surface area contributed by atoms with Gasteiger partial charge in [-0.25, -0.2) is 15.4 Å². The zero-order chi connectivity index (χ0) is 21.5. The predicted octanol–water partition coefficient (Wildman–Crippen LogP) is 2.49. The van der Waals surface area contributed by atoms with Gasteiger partial charge in [0.05, 0.1) is 5.56 Å². The van der Waals surface area contributed by atoms with Crippen LogP contribution < -0.4 is 20.6 Å². The first-order valence-corrected chi connectivity index (χ1v) is 10.2. The topological polar surface area (TPSA) is 93.6 Å². The second-order valence-electron chi connectivity index (χ2n) is 7.65. The first-order valence-electron chi connectivity index (χ1n) is 10.2. The summed E-state index contributed by atoms with van der Waals surface area (Å²) in [6.45, 7) is 9.56. The van der Waals surface area contributed by atoms with E-state index in [0.29, 0.717) is 11.9 Å². The number of nitrogens with one attached hydrogen (secondary N) is 2. The zero-order valence-electron chi connectivity index (χ0n) is 17.6. The molecule has 1 fully saturated rings. The Morgan fingerprint density at radius 3 is 2.67 bits per heavy atom. The molecule has 1 saturated heterocycles. The van der Waals surface area contributed by atoms with E-state index in [2.05, 4.69) is 56.8 Å². The number of piperidine rings is 1. The Morgan fingerprint density at radius 2 is 2.03 bits per heavy atom. The van der Waals surface area contributed by atoms with Gasteiger partial charge in [0.1, 0.15) is 0 Å². The van der Waals surface area contributed by atoms with Crippen molar-refractivity contribution < 1.29 is 10.0 Å². The minimum atomic E-state index is -0.609. The minimum Gasteiger partial charge on any atom is -0.351 e. The van der Waals surface area contributed by atoms with E-state index in [-0.39, 0.29) is 5.56 Å². The standard InChI is InChI=1S/C22H30N6O2/c1-4-27(3)20-16(2)6-5-7-18(20)13-23-12-17-8-10-28(11-9-17)22-24-14-19(15-25-22)21(29)26-30/h4-7,14-15,17,23,30H,1,8-13H2,2-3H3,(H,26,29). The van der Waals surface area contributed by atoms with Crippen molar-refractivity contribution in [1.82, 2.24) is 20.8 Å². The number of anilines is 2. The van der Waals surface area contributed by atoms with Crippen LogP contribution in [0.3, 0.4) is 0 Å². The number of hydrogen-bond donors (Lipinski definition) is 3. The molecule has 0 aliphatic carbocycles. The number of benzene rings is 1. The van der Waals surface area contributed by atoms with Crippen molar-refractivity contribution in [2.24, 2.45) is 5.92 Å². The molecule has 2 heterocycles. The predicted molar refractivity (Wildman–Crippen MR) is 118 cm³/mol. The van der Waals surface area contributed by atoms with Gasteiger partial charge >= 0.3 is 0 Å². The minimum absolute atomic E-state index is 0.234. The van der Waals surface area contributed by atoms with Crippen molar-refractivity contribution in [1.29, 1.82) is 0 Å². The fraction of sp³-hybridized carbons (Fsp3) is 0.409. The van der Waals surface area contributed by atoms with Gasteiger partial charge in [0.15, 0.2) is 0 Å². The summed E-state index contributed by atoms with van der Waals surface area (Å²) in [7, 11) is 2.03. The van der Waals surface area contributed by atoms with Gasteiger partial charge in [0.25, 0.3) is 5.91 Å². The number of aryl methyl sites for hydroxylation is 1. The SMILES string of the molecule is C=CN(C)c1c(C)cccc1CNCC1CCN(c2ncc(C(=O)NO)cn2)CC1. The van der Waals surface area contributed by atoms with Gasteiger partial charge in [0, 0.05) is 44.8 Å². The van der Waals surface area contributed by atoms with Crippen molar-refractivity contribution in [3.05, 3.63) is 60.1 Å². The Bertz CT molecular complexity index is 862. The first kappa shape index (κ1) is 21.7. The molecule has 8 heteroatoms. The van der Waals surface area contributed by atoms with E-state index < -0.39 is 5.91 Å². The lowest BCUT2D eigenvalue weighted by atomic mass is 9.97. The molecule has 3 rings (SSSR count). The number of carbonyl (C=O) groups excluding carboxylic acids is 1. The maximum absolute atomic E-state index is 11.4. The number of nitrogens with zero attached hydrogens (tertiary/aromatic N) is 4. The van der Waals surface area contributed by atoms with Crippen LogP contribution in [-0.2, 0) is 6.54 Å². The van der Waals surface area contributed by atoms with E-state index in [1.165, 1.54) is 29.2 Å². The molecule has 1 aromatic heterocycles. The number of amides is 1. The van der Waals surface area contributed by atoms with Gasteiger partial charge in [-0.2, -0.15) is 0 Å². The fourth-order valence-electron chi connectivity index (χ4n) is 3.87. The van der Waals surface area contributed by atoms with Crippen LogP contribution in [-0.4, -0.2) is 47.8 Å². The highest BCUT2D eigenvalue weighted by atomic mass is 16.5. The molecule has 2 aromatic rings. The normalized spacial score (nSPS) is 14.4. The van der Waals surface area contributed by atoms with Gasteiger partial charge in [0.2, 0.25) is 5.95 Å². The van der Waals surface area contributed by atoms with Crippen LogP contribution in [0.5, 0.6) is 0 Å². The van der Waals surface area contributed by atoms with Gasteiger partial charge < -0.3 is 15.1 Å². The Morgan fingerprint density at radius 1 is 1.33 bits per heavy atom. The molecular formula is C22H30N6O2. The number of hydrogen-bond acceptors (Lipinski definition) is 7. The molecule has 1 aliphatic rings. The summed E-state index contributed by atoms with van der Waals surface area (Å²) < 4.78 is 0. The first-order chi connectivity index (χ1) is 14.5. The van der Waals surface area contributed by atoms with E-state index in [1.54, 1.807) is 5.48 Å². The number of aromatic nitrogens is 2. The Labute approximate surface area is 177 Å². The molecule has 30 heavy (non-hydrogen) atoms. The highest BCUT2D eigenvalue weighted by Crippen LogP contribution is 2.25. The summed E-state index contributed by atoms with van der Waals surface area (Å²) in [6.07, 6.45) is 6.82. The molecule has 0 unspecified atom stereocenters. The van der Waals surface area contributed by atoms with Crippen LogP contribution in [0, 0.1) is 12.8 Å².